The molecule has 1 N–H and O–H groups in total. The van der Waals surface area contributed by atoms with Crippen LogP contribution >= 0.6 is 0 Å². The van der Waals surface area contributed by atoms with Crippen LogP contribution in [0.15, 0.2) is 36.0 Å². The van der Waals surface area contributed by atoms with Crippen LogP contribution in [-0.4, -0.2) is 22.5 Å². The number of nitriles is 1. The van der Waals surface area contributed by atoms with Crippen molar-refractivity contribution in [1.29, 1.82) is 5.26 Å². The number of aromatic amines is 1. The zero-order valence-electron chi connectivity index (χ0n) is 10.9. The topological polar surface area (TPSA) is 42.8 Å². The summed E-state index contributed by atoms with van der Waals surface area (Å²) in [6.45, 7) is 2.89. The van der Waals surface area contributed by atoms with Gasteiger partial charge in [-0.1, -0.05) is 23.8 Å². The van der Waals surface area contributed by atoms with Crippen molar-refractivity contribution in [3.8, 4) is 6.19 Å². The molecule has 94 valence electrons. The first-order chi connectivity index (χ1) is 9.28. The molecule has 0 spiro atoms. The van der Waals surface area contributed by atoms with E-state index in [1.807, 2.05) is 4.90 Å². The van der Waals surface area contributed by atoms with Gasteiger partial charge in [0.25, 0.3) is 0 Å². The third-order valence-electron chi connectivity index (χ3n) is 4.44. The maximum absolute atomic E-state index is 9.38. The smallest absolute Gasteiger partial charge is 0.179 e. The van der Waals surface area contributed by atoms with Crippen molar-refractivity contribution in [3.05, 3.63) is 47.2 Å². The highest BCUT2D eigenvalue weighted by atomic mass is 15.2. The Morgan fingerprint density at radius 2 is 2.32 bits per heavy atom. The second-order valence-electron chi connectivity index (χ2n) is 5.62. The molecule has 0 saturated carbocycles. The fraction of sp³-hybridized carbons (Fsp3) is 0.312. The Morgan fingerprint density at radius 3 is 3.16 bits per heavy atom. The van der Waals surface area contributed by atoms with Crippen LogP contribution in [0.25, 0.3) is 10.9 Å². The van der Waals surface area contributed by atoms with E-state index in [0.717, 1.165) is 13.0 Å². The van der Waals surface area contributed by atoms with Crippen LogP contribution in [0, 0.1) is 11.5 Å². The van der Waals surface area contributed by atoms with Gasteiger partial charge in [-0.25, -0.2) is 0 Å². The van der Waals surface area contributed by atoms with Gasteiger partial charge >= 0.3 is 0 Å². The Morgan fingerprint density at radius 1 is 1.42 bits per heavy atom. The van der Waals surface area contributed by atoms with Crippen molar-refractivity contribution in [2.24, 2.45) is 0 Å². The molecule has 0 amide bonds. The third kappa shape index (κ3) is 1.37. The van der Waals surface area contributed by atoms with E-state index in [2.05, 4.69) is 48.6 Å². The Kier molecular flexibility index (Phi) is 2.05. The SMILES string of the molecule is CC1=C[C@@H]2c3cccc4[nH]cc(c34)C[C@H]2N(C#N)C1. The Labute approximate surface area is 112 Å². The Bertz CT molecular complexity index is 732. The molecule has 3 nitrogen and oxygen atoms in total. The lowest BCUT2D eigenvalue weighted by atomic mass is 9.77. The number of nitrogens with one attached hydrogen (secondary N) is 1. The lowest BCUT2D eigenvalue weighted by molar-refractivity contribution is 0.267. The lowest BCUT2D eigenvalue weighted by Gasteiger charge is -2.39. The summed E-state index contributed by atoms with van der Waals surface area (Å²) >= 11 is 0. The minimum absolute atomic E-state index is 0.280. The van der Waals surface area contributed by atoms with Crippen LogP contribution in [0.1, 0.15) is 24.0 Å². The van der Waals surface area contributed by atoms with Gasteiger partial charge in [-0.15, -0.1) is 0 Å². The van der Waals surface area contributed by atoms with Crippen LogP contribution < -0.4 is 0 Å². The lowest BCUT2D eigenvalue weighted by Crippen LogP contribution is -2.43. The van der Waals surface area contributed by atoms with Gasteiger partial charge in [0, 0.05) is 29.6 Å². The van der Waals surface area contributed by atoms with Gasteiger partial charge in [0.2, 0.25) is 0 Å². The van der Waals surface area contributed by atoms with Gasteiger partial charge < -0.3 is 9.88 Å². The van der Waals surface area contributed by atoms with Crippen LogP contribution in [0.4, 0.5) is 0 Å². The highest BCUT2D eigenvalue weighted by molar-refractivity contribution is 5.88. The van der Waals surface area contributed by atoms with Crippen molar-refractivity contribution in [3.63, 3.8) is 0 Å². The van der Waals surface area contributed by atoms with E-state index in [4.69, 9.17) is 0 Å². The number of rotatable bonds is 0. The molecule has 2 aromatic rings. The zero-order chi connectivity index (χ0) is 13.0. The molecule has 0 radical (unpaired) electrons. The number of H-pyrrole nitrogens is 1. The standard InChI is InChI=1S/C16H15N3/c1-10-5-13-12-3-2-4-14-16(12)11(7-18-14)6-15(13)19(8-10)9-17/h2-5,7,13,15,18H,6,8H2,1H3/t13-,15-/m1/s1. The summed E-state index contributed by atoms with van der Waals surface area (Å²) in [6.07, 6.45) is 7.78. The molecule has 0 saturated heterocycles. The van der Waals surface area contributed by atoms with Crippen molar-refractivity contribution < 1.29 is 0 Å². The Balaban J connectivity index is 1.98. The second kappa shape index (κ2) is 3.64. The van der Waals surface area contributed by atoms with Gasteiger partial charge in [0.05, 0.1) is 6.04 Å². The summed E-state index contributed by atoms with van der Waals surface area (Å²) in [5.41, 5.74) is 5.22. The highest BCUT2D eigenvalue weighted by Crippen LogP contribution is 2.41. The number of nitrogens with zero attached hydrogens (tertiary/aromatic N) is 2. The van der Waals surface area contributed by atoms with E-state index in [9.17, 15) is 5.26 Å². The van der Waals surface area contributed by atoms with E-state index in [1.165, 1.54) is 27.6 Å². The first-order valence-electron chi connectivity index (χ1n) is 6.70. The molecular formula is C16H15N3. The van der Waals surface area contributed by atoms with E-state index in [1.54, 1.807) is 0 Å². The molecule has 4 rings (SSSR count). The molecule has 1 aromatic heterocycles. The number of benzene rings is 1. The van der Waals surface area contributed by atoms with Gasteiger partial charge in [-0.3, -0.25) is 0 Å². The number of fused-ring (bicyclic) bond motifs is 2. The number of hydrogen-bond donors (Lipinski definition) is 1. The first kappa shape index (κ1) is 10.7. The molecule has 0 bridgehead atoms. The molecule has 1 aromatic carbocycles. The summed E-state index contributed by atoms with van der Waals surface area (Å²) in [7, 11) is 0. The molecular weight excluding hydrogens is 234 g/mol. The van der Waals surface area contributed by atoms with E-state index < -0.39 is 0 Å². The van der Waals surface area contributed by atoms with Gasteiger partial charge in [-0.2, -0.15) is 5.26 Å². The van der Waals surface area contributed by atoms with Crippen LogP contribution in [0.5, 0.6) is 0 Å². The molecule has 3 heteroatoms. The molecule has 0 unspecified atom stereocenters. The zero-order valence-corrected chi connectivity index (χ0v) is 10.9. The normalized spacial score (nSPS) is 24.8. The Hall–Kier alpha value is -2.21. The largest absolute Gasteiger partial charge is 0.361 e. The molecule has 1 aliphatic heterocycles. The fourth-order valence-corrected chi connectivity index (χ4v) is 3.64. The summed E-state index contributed by atoms with van der Waals surface area (Å²) in [5, 5.41) is 10.7. The predicted octanol–water partition coefficient (Wildman–Crippen LogP) is 2.92. The molecule has 0 fully saturated rings. The monoisotopic (exact) mass is 249 g/mol. The molecule has 2 aliphatic rings. The van der Waals surface area contributed by atoms with Crippen LogP contribution in [0.3, 0.4) is 0 Å². The summed E-state index contributed by atoms with van der Waals surface area (Å²) in [5.74, 6) is 0.348. The maximum Gasteiger partial charge on any atom is 0.179 e. The second-order valence-corrected chi connectivity index (χ2v) is 5.62. The van der Waals surface area contributed by atoms with Crippen LogP contribution in [0.2, 0.25) is 0 Å². The van der Waals surface area contributed by atoms with Crippen molar-refractivity contribution in [2.75, 3.05) is 6.54 Å². The molecule has 2 heterocycles. The summed E-state index contributed by atoms with van der Waals surface area (Å²) < 4.78 is 0. The third-order valence-corrected chi connectivity index (χ3v) is 4.44. The minimum atomic E-state index is 0.280. The quantitative estimate of drug-likeness (QED) is 0.576. The van der Waals surface area contributed by atoms with Gasteiger partial charge in [-0.05, 0) is 30.5 Å². The average Bonchev–Trinajstić information content (AvgIpc) is 2.84. The summed E-state index contributed by atoms with van der Waals surface area (Å²) in [4.78, 5) is 5.29. The van der Waals surface area contributed by atoms with Crippen LogP contribution in [-0.2, 0) is 6.42 Å². The van der Waals surface area contributed by atoms with E-state index in [-0.39, 0.29) is 6.04 Å². The molecule has 1 aliphatic carbocycles. The van der Waals surface area contributed by atoms with E-state index >= 15 is 0 Å². The fourth-order valence-electron chi connectivity index (χ4n) is 3.64. The van der Waals surface area contributed by atoms with Gasteiger partial charge in [0.15, 0.2) is 6.19 Å². The van der Waals surface area contributed by atoms with Crippen molar-refractivity contribution in [1.82, 2.24) is 9.88 Å². The van der Waals surface area contributed by atoms with E-state index in [0.29, 0.717) is 5.92 Å². The summed E-state index contributed by atoms with van der Waals surface area (Å²) in [6, 6.07) is 6.72. The number of aromatic nitrogens is 1. The first-order valence-corrected chi connectivity index (χ1v) is 6.70. The predicted molar refractivity (Wildman–Crippen MR) is 74.6 cm³/mol. The molecule has 2 atom stereocenters. The highest BCUT2D eigenvalue weighted by Gasteiger charge is 2.36. The average molecular weight is 249 g/mol. The maximum atomic E-state index is 9.38. The number of hydrogen-bond acceptors (Lipinski definition) is 2. The minimum Gasteiger partial charge on any atom is -0.361 e. The van der Waals surface area contributed by atoms with Gasteiger partial charge in [0.1, 0.15) is 0 Å². The molecule has 19 heavy (non-hydrogen) atoms. The van der Waals surface area contributed by atoms with Crippen molar-refractivity contribution >= 4 is 10.9 Å². The van der Waals surface area contributed by atoms with Crippen molar-refractivity contribution in [2.45, 2.75) is 25.3 Å².